The zero-order valence-corrected chi connectivity index (χ0v) is 7.15. The van der Waals surface area contributed by atoms with E-state index in [0.717, 1.165) is 21.4 Å². The van der Waals surface area contributed by atoms with Crippen molar-refractivity contribution in [3.63, 3.8) is 0 Å². The van der Waals surface area contributed by atoms with Crippen LogP contribution in [0.3, 0.4) is 0 Å². The minimum atomic E-state index is -0.239. The third-order valence-corrected chi connectivity index (χ3v) is 2.68. The van der Waals surface area contributed by atoms with Gasteiger partial charge in [0.15, 0.2) is 5.13 Å². The van der Waals surface area contributed by atoms with E-state index >= 15 is 0 Å². The first-order valence-electron chi connectivity index (χ1n) is 3.37. The first-order chi connectivity index (χ1) is 5.72. The standard InChI is InChI=1S/C8H5FN2S/c1-11-4-5-2-7(9)12-8(5)6(11)3-10/h2,4H,1H3. The van der Waals surface area contributed by atoms with Gasteiger partial charge < -0.3 is 4.57 Å². The lowest BCUT2D eigenvalue weighted by molar-refractivity contribution is 0.658. The van der Waals surface area contributed by atoms with Gasteiger partial charge in [0.2, 0.25) is 0 Å². The molecule has 0 saturated heterocycles. The summed E-state index contributed by atoms with van der Waals surface area (Å²) >= 11 is 1.01. The van der Waals surface area contributed by atoms with E-state index < -0.39 is 0 Å². The molecule has 0 saturated carbocycles. The van der Waals surface area contributed by atoms with Crippen LogP contribution in [0.5, 0.6) is 0 Å². The lowest BCUT2D eigenvalue weighted by Crippen LogP contribution is -1.87. The maximum atomic E-state index is 12.7. The summed E-state index contributed by atoms with van der Waals surface area (Å²) in [6.07, 6.45) is 1.76. The summed E-state index contributed by atoms with van der Waals surface area (Å²) in [5.74, 6) is 0. The second kappa shape index (κ2) is 2.32. The van der Waals surface area contributed by atoms with Crippen molar-refractivity contribution in [1.29, 1.82) is 5.26 Å². The molecule has 0 atom stereocenters. The Morgan fingerprint density at radius 3 is 3.08 bits per heavy atom. The van der Waals surface area contributed by atoms with Crippen molar-refractivity contribution in [3.05, 3.63) is 23.1 Å². The molecule has 60 valence electrons. The zero-order chi connectivity index (χ0) is 8.72. The highest BCUT2D eigenvalue weighted by Gasteiger charge is 2.09. The molecule has 12 heavy (non-hydrogen) atoms. The number of rotatable bonds is 0. The van der Waals surface area contributed by atoms with Crippen molar-refractivity contribution in [3.8, 4) is 6.07 Å². The lowest BCUT2D eigenvalue weighted by Gasteiger charge is -1.89. The van der Waals surface area contributed by atoms with Crippen LogP contribution in [0, 0.1) is 16.5 Å². The van der Waals surface area contributed by atoms with Crippen LogP contribution < -0.4 is 0 Å². The Morgan fingerprint density at radius 1 is 1.67 bits per heavy atom. The van der Waals surface area contributed by atoms with Gasteiger partial charge in [0.25, 0.3) is 0 Å². The van der Waals surface area contributed by atoms with E-state index in [4.69, 9.17) is 5.26 Å². The molecular formula is C8H5FN2S. The number of nitriles is 1. The van der Waals surface area contributed by atoms with E-state index in [1.165, 1.54) is 6.07 Å². The largest absolute Gasteiger partial charge is 0.341 e. The monoisotopic (exact) mass is 180 g/mol. The van der Waals surface area contributed by atoms with Gasteiger partial charge in [-0.3, -0.25) is 0 Å². The van der Waals surface area contributed by atoms with Crippen LogP contribution in [-0.2, 0) is 7.05 Å². The number of halogens is 1. The summed E-state index contributed by atoms with van der Waals surface area (Å²) < 4.78 is 15.1. The van der Waals surface area contributed by atoms with Crippen LogP contribution in [-0.4, -0.2) is 4.57 Å². The SMILES string of the molecule is Cn1cc2cc(F)sc2c1C#N. The van der Waals surface area contributed by atoms with Crippen LogP contribution >= 0.6 is 11.3 Å². The van der Waals surface area contributed by atoms with Gasteiger partial charge in [0, 0.05) is 18.6 Å². The fraction of sp³-hybridized carbons (Fsp3) is 0.125. The van der Waals surface area contributed by atoms with E-state index in [-0.39, 0.29) is 5.13 Å². The summed E-state index contributed by atoms with van der Waals surface area (Å²) in [5, 5.41) is 9.29. The van der Waals surface area contributed by atoms with Crippen molar-refractivity contribution < 1.29 is 4.39 Å². The molecule has 0 aliphatic rings. The molecule has 0 fully saturated rings. The summed E-state index contributed by atoms with van der Waals surface area (Å²) in [5.41, 5.74) is 0.527. The minimum absolute atomic E-state index is 0.239. The van der Waals surface area contributed by atoms with Gasteiger partial charge in [0.1, 0.15) is 11.8 Å². The van der Waals surface area contributed by atoms with Gasteiger partial charge in [-0.25, -0.2) is 0 Å². The quantitative estimate of drug-likeness (QED) is 0.611. The van der Waals surface area contributed by atoms with Crippen LogP contribution in [0.15, 0.2) is 12.3 Å². The molecule has 0 amide bonds. The molecule has 0 radical (unpaired) electrons. The molecule has 2 rings (SSSR count). The smallest absolute Gasteiger partial charge is 0.177 e. The van der Waals surface area contributed by atoms with Gasteiger partial charge >= 0.3 is 0 Å². The van der Waals surface area contributed by atoms with E-state index in [9.17, 15) is 4.39 Å². The number of hydrogen-bond acceptors (Lipinski definition) is 2. The Kier molecular flexibility index (Phi) is 1.42. The summed E-state index contributed by atoms with van der Waals surface area (Å²) in [4.78, 5) is 0. The summed E-state index contributed by atoms with van der Waals surface area (Å²) in [6, 6.07) is 3.48. The van der Waals surface area contributed by atoms with Crippen molar-refractivity contribution in [2.75, 3.05) is 0 Å². The molecule has 0 aliphatic carbocycles. The van der Waals surface area contributed by atoms with Crippen LogP contribution in [0.2, 0.25) is 0 Å². The molecular weight excluding hydrogens is 175 g/mol. The Bertz CT molecular complexity index is 475. The molecule has 0 aliphatic heterocycles. The first kappa shape index (κ1) is 7.32. The molecule has 2 aromatic rings. The molecule has 2 nitrogen and oxygen atoms in total. The molecule has 4 heteroatoms. The molecule has 0 spiro atoms. The Labute approximate surface area is 72.5 Å². The van der Waals surface area contributed by atoms with Crippen LogP contribution in [0.25, 0.3) is 10.1 Å². The molecule has 0 N–H and O–H groups in total. The second-order valence-electron chi connectivity index (χ2n) is 2.54. The normalized spacial score (nSPS) is 10.4. The topological polar surface area (TPSA) is 28.7 Å². The van der Waals surface area contributed by atoms with Crippen molar-refractivity contribution in [2.24, 2.45) is 7.05 Å². The maximum Gasteiger partial charge on any atom is 0.177 e. The summed E-state index contributed by atoms with van der Waals surface area (Å²) in [7, 11) is 1.78. The fourth-order valence-corrected chi connectivity index (χ4v) is 2.11. The van der Waals surface area contributed by atoms with E-state index in [2.05, 4.69) is 0 Å². The first-order valence-corrected chi connectivity index (χ1v) is 4.18. The van der Waals surface area contributed by atoms with Gasteiger partial charge in [-0.15, -0.1) is 11.3 Å². The van der Waals surface area contributed by atoms with E-state index in [1.54, 1.807) is 17.8 Å². The number of aryl methyl sites for hydroxylation is 1. The number of fused-ring (bicyclic) bond motifs is 1. The van der Waals surface area contributed by atoms with Crippen molar-refractivity contribution in [1.82, 2.24) is 4.57 Å². The predicted octanol–water partition coefficient (Wildman–Crippen LogP) is 2.25. The number of thiophene rings is 1. The van der Waals surface area contributed by atoms with Crippen molar-refractivity contribution in [2.45, 2.75) is 0 Å². The Hall–Kier alpha value is -1.34. The van der Waals surface area contributed by atoms with Gasteiger partial charge in [-0.05, 0) is 6.07 Å². The minimum Gasteiger partial charge on any atom is -0.341 e. The highest BCUT2D eigenvalue weighted by molar-refractivity contribution is 7.17. The van der Waals surface area contributed by atoms with Crippen molar-refractivity contribution >= 4 is 21.4 Å². The highest BCUT2D eigenvalue weighted by Crippen LogP contribution is 2.28. The number of hydrogen-bond donors (Lipinski definition) is 0. The maximum absolute atomic E-state index is 12.7. The third-order valence-electron chi connectivity index (χ3n) is 1.74. The molecule has 2 aromatic heterocycles. The van der Waals surface area contributed by atoms with Crippen LogP contribution in [0.1, 0.15) is 5.69 Å². The third kappa shape index (κ3) is 0.836. The lowest BCUT2D eigenvalue weighted by atomic mass is 10.4. The highest BCUT2D eigenvalue weighted by atomic mass is 32.1. The number of aromatic nitrogens is 1. The van der Waals surface area contributed by atoms with Crippen LogP contribution in [0.4, 0.5) is 4.39 Å². The number of nitrogens with zero attached hydrogens (tertiary/aromatic N) is 2. The predicted molar refractivity (Wildman–Crippen MR) is 45.5 cm³/mol. The fourth-order valence-electron chi connectivity index (χ4n) is 1.22. The Morgan fingerprint density at radius 2 is 2.42 bits per heavy atom. The molecule has 0 bridgehead atoms. The average Bonchev–Trinajstić information content (AvgIpc) is 2.43. The summed E-state index contributed by atoms with van der Waals surface area (Å²) in [6.45, 7) is 0. The molecule has 0 aromatic carbocycles. The van der Waals surface area contributed by atoms with Gasteiger partial charge in [0.05, 0.1) is 4.70 Å². The van der Waals surface area contributed by atoms with E-state index in [1.807, 2.05) is 6.07 Å². The van der Waals surface area contributed by atoms with E-state index in [0.29, 0.717) is 5.69 Å². The average molecular weight is 180 g/mol. The zero-order valence-electron chi connectivity index (χ0n) is 6.34. The second-order valence-corrected chi connectivity index (χ2v) is 3.54. The molecule has 0 unspecified atom stereocenters. The molecule has 2 heterocycles. The Balaban J connectivity index is 2.89. The van der Waals surface area contributed by atoms with Gasteiger partial charge in [-0.1, -0.05) is 0 Å². The van der Waals surface area contributed by atoms with Gasteiger partial charge in [-0.2, -0.15) is 9.65 Å².